The molecule has 9 saturated heterocycles. The molecule has 7 N–H and O–H groups in total. The number of alkyl halides is 2. The first-order valence-electron chi connectivity index (χ1n) is 46.3. The molecule has 4 aromatic heterocycles. The van der Waals surface area contributed by atoms with Crippen molar-refractivity contribution in [2.45, 2.75) is 68.0 Å². The first kappa shape index (κ1) is 92.1. The second-order valence-corrected chi connectivity index (χ2v) is 35.2. The average Bonchev–Trinajstić information content (AvgIpc) is 1.23. The highest BCUT2D eigenvalue weighted by Crippen LogP contribution is 2.36. The Bertz CT molecular complexity index is 6320. The Morgan fingerprint density at radius 2 is 0.841 bits per heavy atom. The van der Waals surface area contributed by atoms with Crippen LogP contribution in [0.1, 0.15) is 46.6 Å². The van der Waals surface area contributed by atoms with Crippen LogP contribution in [0.15, 0.2) is 179 Å². The van der Waals surface area contributed by atoms with Gasteiger partial charge in [-0.2, -0.15) is 25.8 Å². The molecule has 710 valence electrons. The first-order chi connectivity index (χ1) is 67.4. The van der Waals surface area contributed by atoms with Gasteiger partial charge in [-0.05, 0) is 152 Å². The molecule has 41 heteroatoms. The zero-order valence-corrected chi connectivity index (χ0v) is 75.6. The van der Waals surface area contributed by atoms with Gasteiger partial charge in [0.2, 0.25) is 5.82 Å². The summed E-state index contributed by atoms with van der Waals surface area (Å²) >= 11 is 0. The molecule has 21 rings (SSSR count). The van der Waals surface area contributed by atoms with Crippen LogP contribution in [0.3, 0.4) is 0 Å². The number of halogens is 2. The lowest BCUT2D eigenvalue weighted by Crippen LogP contribution is -2.56. The Labute approximate surface area is 792 Å². The summed E-state index contributed by atoms with van der Waals surface area (Å²) in [5.74, 6) is 3.31. The minimum atomic E-state index is -1.48. The lowest BCUT2D eigenvalue weighted by atomic mass is 10.0. The van der Waals surface area contributed by atoms with E-state index >= 15 is 8.78 Å². The molecule has 0 spiro atoms. The lowest BCUT2D eigenvalue weighted by Gasteiger charge is -2.43. The van der Waals surface area contributed by atoms with Crippen molar-refractivity contribution < 1.29 is 56.4 Å². The van der Waals surface area contributed by atoms with Crippen LogP contribution in [-0.2, 0) is 19.0 Å². The zero-order chi connectivity index (χ0) is 94.5. The number of aliphatic imine (C=N–C) groups is 2. The molecule has 39 nitrogen and oxygen atoms in total. The number of amides is 6. The first-order valence-corrected chi connectivity index (χ1v) is 46.3. The molecular formula is C97H102F2N28O11. The fourth-order valence-corrected chi connectivity index (χ4v) is 18.2. The third-order valence-electron chi connectivity index (χ3n) is 26.2. The summed E-state index contributed by atoms with van der Waals surface area (Å²) in [5.41, 5.74) is 9.33. The predicted molar refractivity (Wildman–Crippen MR) is 508 cm³/mol. The number of nitrogens with one attached hydrogen (secondary N) is 7. The van der Waals surface area contributed by atoms with Crippen molar-refractivity contribution in [1.29, 1.82) is 15.8 Å². The molecule has 5 atom stereocenters. The van der Waals surface area contributed by atoms with Gasteiger partial charge in [-0.25, -0.2) is 58.2 Å². The van der Waals surface area contributed by atoms with Gasteiger partial charge < -0.3 is 79.5 Å². The average molecular weight is 1870 g/mol. The van der Waals surface area contributed by atoms with Crippen LogP contribution in [0, 0.1) is 34.0 Å². The maximum Gasteiger partial charge on any atom is 0.341 e. The molecule has 10 aromatic rings. The number of hydrogen-bond acceptors (Lipinski definition) is 31. The number of nitrogens with zero attached hydrogens (tertiary/aromatic N) is 21. The molecule has 11 aliphatic heterocycles. The molecule has 9 fully saturated rings. The number of nitriles is 3. The Morgan fingerprint density at radius 1 is 0.442 bits per heavy atom. The van der Waals surface area contributed by atoms with Gasteiger partial charge in [0, 0.05) is 194 Å². The largest absolute Gasteiger partial charge is 0.487 e. The van der Waals surface area contributed by atoms with E-state index in [9.17, 15) is 39.8 Å². The summed E-state index contributed by atoms with van der Waals surface area (Å²) in [6.45, 7) is 19.8. The van der Waals surface area contributed by atoms with E-state index in [-0.39, 0.29) is 79.1 Å². The number of H-pyrrole nitrogens is 2. The number of piperidine rings is 2. The highest BCUT2D eigenvalue weighted by Gasteiger charge is 2.39. The van der Waals surface area contributed by atoms with Crippen LogP contribution in [0.25, 0.3) is 34.2 Å². The van der Waals surface area contributed by atoms with Gasteiger partial charge >= 0.3 is 17.8 Å². The zero-order valence-electron chi connectivity index (χ0n) is 75.6. The summed E-state index contributed by atoms with van der Waals surface area (Å²) in [6.07, 6.45) is 1.69. The second-order valence-electron chi connectivity index (χ2n) is 35.2. The fourth-order valence-electron chi connectivity index (χ4n) is 18.2. The smallest absolute Gasteiger partial charge is 0.341 e. The number of benzene rings is 6. The molecule has 0 bridgehead atoms. The van der Waals surface area contributed by atoms with E-state index in [0.29, 0.717) is 138 Å². The number of aromatic amines is 2. The van der Waals surface area contributed by atoms with Crippen LogP contribution in [-0.4, -0.2) is 336 Å². The second kappa shape index (κ2) is 42.5. The Hall–Kier alpha value is -15.0. The standard InChI is InChI=1S/C33H34FN9O4.C33H36FN9O3.C31H32N10O4/c34-26-18-43(32(44)27-17-37-33(45)39-27)10-8-29(26)47-28-6-1-21(15-22(28)16-35)31-36-9-7-30(40-31)38-23-2-4-24(5-3-23)41-11-13-42(14-12-41)25-19-46-20-25;34-28-19-41(18-25-17-37-33(44)39-25)10-8-30(28)46-29-6-1-22(15-23(29)16-35)32-36-9-7-31(40-32)38-24-2-4-26(5-3-24)42-11-13-43(14-12-42)27-20-45-21-27;32-16-21-15-20(1-6-26(21)45-25-8-10-41(17-25)30(42)29-36-31(43)38-37-29)28-33-9-7-27(35-28)34-22-2-4-23(5-3-22)39-11-13-40(14-12-39)24-18-44-19-24/h1-7,9,15,25-26,29H,8,10-14,17-20H2,(H,37,45)(H,36,38,40);1-7,9,15,27-28,30H,8,10-14,17-21H2,(H,37,44)(H,36,38,40);1-7,9,15,24-25H,8,10-14,17-19H2,(H,33,34,35)(H2,36,37,38,43)/t26-,29+;28-,30+;25-/m111/s1. The monoisotopic (exact) mass is 1870 g/mol. The molecule has 0 aliphatic carbocycles. The molecular weight excluding hydrogens is 1770 g/mol. The number of aromatic nitrogens is 9. The van der Waals surface area contributed by atoms with Crippen molar-refractivity contribution in [1.82, 2.24) is 85.1 Å². The van der Waals surface area contributed by atoms with Gasteiger partial charge in [0.05, 0.1) is 106 Å². The van der Waals surface area contributed by atoms with Crippen molar-refractivity contribution in [3.63, 3.8) is 0 Å². The van der Waals surface area contributed by atoms with E-state index in [2.05, 4.69) is 178 Å². The van der Waals surface area contributed by atoms with E-state index in [0.717, 1.165) is 135 Å². The number of urea groups is 2. The van der Waals surface area contributed by atoms with Crippen molar-refractivity contribution in [3.05, 3.63) is 197 Å². The van der Waals surface area contributed by atoms with Crippen molar-refractivity contribution >= 4 is 86.9 Å². The van der Waals surface area contributed by atoms with Crippen LogP contribution in [0.2, 0.25) is 0 Å². The van der Waals surface area contributed by atoms with Crippen LogP contribution in [0.5, 0.6) is 17.2 Å². The summed E-state index contributed by atoms with van der Waals surface area (Å²) in [6, 6.07) is 53.0. The third kappa shape index (κ3) is 22.2. The lowest BCUT2D eigenvalue weighted by molar-refractivity contribution is -0.127. The van der Waals surface area contributed by atoms with Crippen LogP contribution < -0.4 is 61.2 Å². The number of hydrogen-bond donors (Lipinski definition) is 7. The van der Waals surface area contributed by atoms with Crippen LogP contribution in [0.4, 0.5) is 69.9 Å². The van der Waals surface area contributed by atoms with Gasteiger partial charge in [0.15, 0.2) is 23.6 Å². The van der Waals surface area contributed by atoms with Gasteiger partial charge in [0.25, 0.3) is 11.8 Å². The minimum absolute atomic E-state index is 0.0359. The van der Waals surface area contributed by atoms with Gasteiger partial charge in [-0.1, -0.05) is 0 Å². The number of carbonyl (C=O) groups excluding carboxylic acids is 4. The summed E-state index contributed by atoms with van der Waals surface area (Å²) < 4.78 is 64.3. The van der Waals surface area contributed by atoms with Gasteiger partial charge in [-0.3, -0.25) is 34.2 Å². The van der Waals surface area contributed by atoms with Crippen LogP contribution >= 0.6 is 0 Å². The van der Waals surface area contributed by atoms with E-state index in [4.69, 9.17) is 28.4 Å². The normalized spacial score (nSPS) is 21.0. The highest BCUT2D eigenvalue weighted by molar-refractivity contribution is 6.42. The maximum absolute atomic E-state index is 15.1. The fraction of sp³-hybridized carbons (Fsp3) is 0.392. The van der Waals surface area contributed by atoms with E-state index in [1.54, 1.807) is 90.2 Å². The van der Waals surface area contributed by atoms with Crippen molar-refractivity contribution in [2.24, 2.45) is 9.98 Å². The Morgan fingerprint density at radius 3 is 1.21 bits per heavy atom. The predicted octanol–water partition coefficient (Wildman–Crippen LogP) is 7.98. The maximum atomic E-state index is 15.1. The number of carbonyl (C=O) groups is 4. The summed E-state index contributed by atoms with van der Waals surface area (Å²) in [7, 11) is 0. The third-order valence-corrected chi connectivity index (χ3v) is 26.2. The molecule has 6 aromatic carbocycles. The quantitative estimate of drug-likeness (QED) is 0.0285. The van der Waals surface area contributed by atoms with E-state index in [1.165, 1.54) is 22.0 Å². The van der Waals surface area contributed by atoms with E-state index in [1.807, 2.05) is 35.2 Å². The molecule has 0 saturated carbocycles. The Balaban J connectivity index is 0.000000132. The Kier molecular flexibility index (Phi) is 28.3. The topological polar surface area (TPSA) is 448 Å². The summed E-state index contributed by atoms with van der Waals surface area (Å²) in [5, 5.41) is 50.7. The number of rotatable bonds is 25. The molecule has 0 unspecified atom stereocenters. The molecule has 15 heterocycles. The number of piperazine rings is 3. The number of ether oxygens (including phenoxy) is 6. The molecule has 138 heavy (non-hydrogen) atoms. The molecule has 11 aliphatic rings. The molecule has 0 radical (unpaired) electrons. The van der Waals surface area contributed by atoms with Crippen molar-refractivity contribution in [3.8, 4) is 69.6 Å². The minimum Gasteiger partial charge on any atom is -0.487 e. The number of anilines is 9. The van der Waals surface area contributed by atoms with Gasteiger partial charge in [-0.15, -0.1) is 5.10 Å². The summed E-state index contributed by atoms with van der Waals surface area (Å²) in [4.78, 5) is 116. The van der Waals surface area contributed by atoms with Crippen molar-refractivity contribution in [2.75, 3.05) is 208 Å². The SMILES string of the molecule is N#Cc1cc(-c2nccc(Nc3ccc(N4CCN(C5COC5)CC4)cc3)n2)ccc1O[C@@H]1CCN(C(=O)c2n[nH]c(=O)[nH]2)C1.N#Cc1cc(-c2nccc(Nc3ccc(N4CCN(C5COC5)CC4)cc3)n2)ccc1O[C@H]1CCN(C(=O)C2=NC(=O)NC2)C[C@H]1F.N#Cc1cc(-c2nccc(Nc3ccc(N4CCN(C5COC5)CC4)cc3)n2)ccc1O[C@H]1CCN(CC2=NC(=O)NC2)C[C@H]1F. The van der Waals surface area contributed by atoms with E-state index < -0.39 is 42.2 Å². The molecule has 6 amide bonds. The number of likely N-dealkylation sites (tertiary alicyclic amines) is 3. The highest BCUT2D eigenvalue weighted by atomic mass is 19.1. The van der Waals surface area contributed by atoms with Gasteiger partial charge in [0.1, 0.15) is 83.1 Å².